The molecule has 1 amide bonds. The maximum absolute atomic E-state index is 14.6. The summed E-state index contributed by atoms with van der Waals surface area (Å²) in [6.07, 6.45) is 1.21. The Kier molecular flexibility index (Phi) is 4.10. The van der Waals surface area contributed by atoms with Gasteiger partial charge in [-0.1, -0.05) is 34.6 Å². The van der Waals surface area contributed by atoms with Crippen LogP contribution in [0, 0.1) is 11.3 Å². The van der Waals surface area contributed by atoms with Crippen LogP contribution in [0.25, 0.3) is 0 Å². The highest BCUT2D eigenvalue weighted by molar-refractivity contribution is 5.84. The first-order valence-corrected chi connectivity index (χ1v) is 5.22. The van der Waals surface area contributed by atoms with Gasteiger partial charge in [-0.2, -0.15) is 0 Å². The number of rotatable bonds is 5. The molecule has 0 heterocycles. The van der Waals surface area contributed by atoms with Crippen molar-refractivity contribution in [1.82, 2.24) is 0 Å². The Balaban J connectivity index is 5.20. The van der Waals surface area contributed by atoms with E-state index in [4.69, 9.17) is 5.73 Å². The summed E-state index contributed by atoms with van der Waals surface area (Å²) >= 11 is 0. The fourth-order valence-electron chi connectivity index (χ4n) is 1.78. The second-order valence-electron chi connectivity index (χ2n) is 4.62. The minimum absolute atomic E-state index is 0.338. The van der Waals surface area contributed by atoms with Gasteiger partial charge in [-0.15, -0.1) is 0 Å². The minimum Gasteiger partial charge on any atom is -0.367 e. The predicted octanol–water partition coefficient (Wildman–Crippen LogP) is 2.66. The lowest BCUT2D eigenvalue weighted by Gasteiger charge is -2.41. The van der Waals surface area contributed by atoms with Gasteiger partial charge in [0.2, 0.25) is 0 Å². The molecule has 0 aromatic carbocycles. The maximum atomic E-state index is 14.6. The van der Waals surface area contributed by atoms with Gasteiger partial charge in [-0.25, -0.2) is 4.39 Å². The molecule has 0 aliphatic carbocycles. The topological polar surface area (TPSA) is 43.1 Å². The predicted molar refractivity (Wildman–Crippen MR) is 56.6 cm³/mol. The quantitative estimate of drug-likeness (QED) is 0.733. The van der Waals surface area contributed by atoms with E-state index in [1.54, 1.807) is 20.8 Å². The Morgan fingerprint density at radius 2 is 1.86 bits per heavy atom. The van der Waals surface area contributed by atoms with Crippen LogP contribution in [0.1, 0.15) is 47.5 Å². The zero-order valence-corrected chi connectivity index (χ0v) is 9.86. The van der Waals surface area contributed by atoms with E-state index in [1.807, 2.05) is 13.8 Å². The van der Waals surface area contributed by atoms with Crippen molar-refractivity contribution in [1.29, 1.82) is 0 Å². The average molecular weight is 203 g/mol. The van der Waals surface area contributed by atoms with E-state index in [9.17, 15) is 9.18 Å². The van der Waals surface area contributed by atoms with Crippen LogP contribution in [0.15, 0.2) is 0 Å². The molecule has 14 heavy (non-hydrogen) atoms. The van der Waals surface area contributed by atoms with Crippen LogP contribution < -0.4 is 5.73 Å². The lowest BCUT2D eigenvalue weighted by Crippen LogP contribution is -2.55. The molecule has 2 nitrogen and oxygen atoms in total. The molecular weight excluding hydrogens is 181 g/mol. The Hall–Kier alpha value is -0.600. The van der Waals surface area contributed by atoms with Gasteiger partial charge in [0.05, 0.1) is 0 Å². The molecule has 0 saturated carbocycles. The molecule has 0 spiro atoms. The van der Waals surface area contributed by atoms with Crippen molar-refractivity contribution in [2.24, 2.45) is 17.1 Å². The molecule has 0 fully saturated rings. The summed E-state index contributed by atoms with van der Waals surface area (Å²) in [5, 5.41) is 0. The molecule has 2 N–H and O–H groups in total. The molecule has 0 aliphatic heterocycles. The van der Waals surface area contributed by atoms with E-state index in [0.29, 0.717) is 12.8 Å². The highest BCUT2D eigenvalue weighted by Crippen LogP contribution is 2.43. The molecule has 2 unspecified atom stereocenters. The van der Waals surface area contributed by atoms with E-state index in [-0.39, 0.29) is 5.92 Å². The number of primary amides is 1. The molecule has 0 rings (SSSR count). The van der Waals surface area contributed by atoms with Crippen molar-refractivity contribution in [3.63, 3.8) is 0 Å². The van der Waals surface area contributed by atoms with Gasteiger partial charge in [-0.05, 0) is 18.8 Å². The van der Waals surface area contributed by atoms with Crippen LogP contribution in [0.5, 0.6) is 0 Å². The smallest absolute Gasteiger partial charge is 0.255 e. The van der Waals surface area contributed by atoms with Crippen LogP contribution in [-0.4, -0.2) is 11.6 Å². The first-order chi connectivity index (χ1) is 6.24. The zero-order chi connectivity index (χ0) is 11.6. The Labute approximate surface area is 86.1 Å². The molecule has 0 aromatic heterocycles. The molecule has 3 heteroatoms. The van der Waals surface area contributed by atoms with Crippen molar-refractivity contribution in [3.05, 3.63) is 0 Å². The summed E-state index contributed by atoms with van der Waals surface area (Å²) in [7, 11) is 0. The normalized spacial score (nSPS) is 18.7. The fraction of sp³-hybridized carbons (Fsp3) is 0.909. The lowest BCUT2D eigenvalue weighted by atomic mass is 9.67. The van der Waals surface area contributed by atoms with E-state index in [0.717, 1.165) is 0 Å². The van der Waals surface area contributed by atoms with Gasteiger partial charge in [0.1, 0.15) is 0 Å². The third kappa shape index (κ3) is 1.91. The SMILES string of the molecule is CCC(C)C(F)(C(N)=O)C(C)(C)CC. The Morgan fingerprint density at radius 1 is 1.43 bits per heavy atom. The number of hydrogen-bond acceptors (Lipinski definition) is 1. The number of amides is 1. The average Bonchev–Trinajstić information content (AvgIpc) is 2.14. The lowest BCUT2D eigenvalue weighted by molar-refractivity contribution is -0.144. The second kappa shape index (κ2) is 4.28. The minimum atomic E-state index is -1.91. The highest BCUT2D eigenvalue weighted by atomic mass is 19.1. The van der Waals surface area contributed by atoms with Gasteiger partial charge < -0.3 is 5.73 Å². The standard InChI is InChI=1S/C11H22FNO/c1-6-8(3)11(12,9(13)14)10(4,5)7-2/h8H,6-7H2,1-5H3,(H2,13,14). The Bertz CT molecular complexity index is 215. The molecule has 0 saturated heterocycles. The van der Waals surface area contributed by atoms with Crippen molar-refractivity contribution in [2.45, 2.75) is 53.1 Å². The summed E-state index contributed by atoms with van der Waals surface area (Å²) in [6.45, 7) is 8.99. The number of carbonyl (C=O) groups excluding carboxylic acids is 1. The van der Waals surface area contributed by atoms with Crippen LogP contribution in [0.4, 0.5) is 4.39 Å². The van der Waals surface area contributed by atoms with Gasteiger partial charge in [0.15, 0.2) is 5.67 Å². The van der Waals surface area contributed by atoms with Crippen LogP contribution in [0.3, 0.4) is 0 Å². The summed E-state index contributed by atoms with van der Waals surface area (Å²) in [4.78, 5) is 11.3. The van der Waals surface area contributed by atoms with Crippen molar-refractivity contribution >= 4 is 5.91 Å². The maximum Gasteiger partial charge on any atom is 0.255 e. The third-order valence-electron chi connectivity index (χ3n) is 3.52. The summed E-state index contributed by atoms with van der Waals surface area (Å²) in [5.41, 5.74) is 2.59. The number of nitrogens with two attached hydrogens (primary N) is 1. The van der Waals surface area contributed by atoms with Gasteiger partial charge >= 0.3 is 0 Å². The van der Waals surface area contributed by atoms with E-state index < -0.39 is 17.0 Å². The first kappa shape index (κ1) is 13.4. The van der Waals surface area contributed by atoms with Gasteiger partial charge in [0, 0.05) is 5.41 Å². The van der Waals surface area contributed by atoms with E-state index >= 15 is 0 Å². The van der Waals surface area contributed by atoms with Crippen LogP contribution >= 0.6 is 0 Å². The van der Waals surface area contributed by atoms with Crippen molar-refractivity contribution in [3.8, 4) is 0 Å². The van der Waals surface area contributed by atoms with Gasteiger partial charge in [0.25, 0.3) is 5.91 Å². The molecule has 2 atom stereocenters. The van der Waals surface area contributed by atoms with Gasteiger partial charge in [-0.3, -0.25) is 4.79 Å². The third-order valence-corrected chi connectivity index (χ3v) is 3.52. The number of alkyl halides is 1. The molecular formula is C11H22FNO. The number of hydrogen-bond donors (Lipinski definition) is 1. The van der Waals surface area contributed by atoms with Crippen LogP contribution in [-0.2, 0) is 4.79 Å². The Morgan fingerprint density at radius 3 is 2.07 bits per heavy atom. The van der Waals surface area contributed by atoms with E-state index in [1.165, 1.54) is 0 Å². The zero-order valence-electron chi connectivity index (χ0n) is 9.86. The van der Waals surface area contributed by atoms with E-state index in [2.05, 4.69) is 0 Å². The molecule has 0 bridgehead atoms. The summed E-state index contributed by atoms with van der Waals surface area (Å²) < 4.78 is 14.6. The first-order valence-electron chi connectivity index (χ1n) is 5.22. The van der Waals surface area contributed by atoms with Crippen molar-refractivity contribution in [2.75, 3.05) is 0 Å². The summed E-state index contributed by atoms with van der Waals surface area (Å²) in [5.74, 6) is -1.17. The molecule has 0 aromatic rings. The molecule has 0 aliphatic rings. The fourth-order valence-corrected chi connectivity index (χ4v) is 1.78. The highest BCUT2D eigenvalue weighted by Gasteiger charge is 2.52. The number of halogens is 1. The monoisotopic (exact) mass is 203 g/mol. The number of carbonyl (C=O) groups is 1. The molecule has 0 radical (unpaired) electrons. The van der Waals surface area contributed by atoms with Crippen LogP contribution in [0.2, 0.25) is 0 Å². The largest absolute Gasteiger partial charge is 0.367 e. The summed E-state index contributed by atoms with van der Waals surface area (Å²) in [6, 6.07) is 0. The molecule has 84 valence electrons. The second-order valence-corrected chi connectivity index (χ2v) is 4.62. The van der Waals surface area contributed by atoms with Crippen molar-refractivity contribution < 1.29 is 9.18 Å².